The molecule has 1 atom stereocenters. The summed E-state index contributed by atoms with van der Waals surface area (Å²) in [4.78, 5) is 2.47. The minimum Gasteiger partial charge on any atom is -0.298 e. The van der Waals surface area contributed by atoms with E-state index in [0.29, 0.717) is 5.92 Å². The lowest BCUT2D eigenvalue weighted by Crippen LogP contribution is -2.34. The van der Waals surface area contributed by atoms with Gasteiger partial charge in [0.15, 0.2) is 0 Å². The number of fused-ring (bicyclic) bond motifs is 1. The Morgan fingerprint density at radius 2 is 2.29 bits per heavy atom. The highest BCUT2D eigenvalue weighted by atomic mass is 16.6. The molecule has 21 heavy (non-hydrogen) atoms. The Hall–Kier alpha value is -2.21. The Bertz CT molecular complexity index is 721. The topological polar surface area (TPSA) is 70.8 Å². The molecule has 0 bridgehead atoms. The van der Waals surface area contributed by atoms with E-state index in [2.05, 4.69) is 37.5 Å². The van der Waals surface area contributed by atoms with Gasteiger partial charge in [-0.05, 0) is 47.4 Å². The molecular formula is C15H17N5O. The normalized spacial score (nSPS) is 20.1. The first kappa shape index (κ1) is 12.5. The van der Waals surface area contributed by atoms with Crippen LogP contribution in [0.5, 0.6) is 0 Å². The lowest BCUT2D eigenvalue weighted by molar-refractivity contribution is 0.199. The van der Waals surface area contributed by atoms with Gasteiger partial charge in [0.05, 0.1) is 0 Å². The zero-order chi connectivity index (χ0) is 14.1. The van der Waals surface area contributed by atoms with Crippen molar-refractivity contribution in [2.24, 2.45) is 0 Å². The van der Waals surface area contributed by atoms with Crippen LogP contribution >= 0.6 is 0 Å². The number of hydrogen-bond donors (Lipinski definition) is 1. The van der Waals surface area contributed by atoms with Gasteiger partial charge in [-0.15, -0.1) is 0 Å². The van der Waals surface area contributed by atoms with Gasteiger partial charge >= 0.3 is 0 Å². The Morgan fingerprint density at radius 1 is 1.29 bits per heavy atom. The van der Waals surface area contributed by atoms with E-state index in [0.717, 1.165) is 30.7 Å². The molecular weight excluding hydrogens is 266 g/mol. The molecule has 108 valence electrons. The maximum Gasteiger partial charge on any atom is 0.139 e. The number of nitrogens with zero attached hydrogens (tertiary/aromatic N) is 4. The molecule has 6 nitrogen and oxygen atoms in total. The van der Waals surface area contributed by atoms with Gasteiger partial charge in [-0.2, -0.15) is 5.10 Å². The largest absolute Gasteiger partial charge is 0.298 e. The van der Waals surface area contributed by atoms with Crippen LogP contribution in [-0.2, 0) is 6.54 Å². The number of benzene rings is 1. The van der Waals surface area contributed by atoms with E-state index in [9.17, 15) is 0 Å². The van der Waals surface area contributed by atoms with Gasteiger partial charge in [-0.3, -0.25) is 10.00 Å². The smallest absolute Gasteiger partial charge is 0.139 e. The number of nitrogens with one attached hydrogen (secondary N) is 1. The average Bonchev–Trinajstić information content (AvgIpc) is 3.20. The summed E-state index contributed by atoms with van der Waals surface area (Å²) in [7, 11) is 0. The highest BCUT2D eigenvalue weighted by Gasteiger charge is 2.23. The molecule has 1 aromatic carbocycles. The van der Waals surface area contributed by atoms with E-state index in [-0.39, 0.29) is 0 Å². The SMILES string of the molecule is c1cc(CN2CCCC(c3ccn[nH]3)C2)c2nonc2c1. The molecule has 4 rings (SSSR count). The maximum atomic E-state index is 4.84. The van der Waals surface area contributed by atoms with Crippen LogP contribution in [0.15, 0.2) is 35.1 Å². The lowest BCUT2D eigenvalue weighted by Gasteiger charge is -2.32. The molecule has 1 N–H and O–H groups in total. The summed E-state index contributed by atoms with van der Waals surface area (Å²) in [6, 6.07) is 8.12. The summed E-state index contributed by atoms with van der Waals surface area (Å²) in [5, 5.41) is 15.1. The fourth-order valence-corrected chi connectivity index (χ4v) is 3.18. The molecule has 3 heterocycles. The zero-order valence-electron chi connectivity index (χ0n) is 11.7. The highest BCUT2D eigenvalue weighted by Crippen LogP contribution is 2.27. The molecule has 1 aliphatic heterocycles. The van der Waals surface area contributed by atoms with Crippen molar-refractivity contribution in [1.29, 1.82) is 0 Å². The van der Waals surface area contributed by atoms with E-state index < -0.39 is 0 Å². The van der Waals surface area contributed by atoms with Crippen LogP contribution in [0.4, 0.5) is 0 Å². The quantitative estimate of drug-likeness (QED) is 0.798. The average molecular weight is 283 g/mol. The Morgan fingerprint density at radius 3 is 3.19 bits per heavy atom. The first-order valence-corrected chi connectivity index (χ1v) is 7.32. The van der Waals surface area contributed by atoms with Crippen molar-refractivity contribution in [1.82, 2.24) is 25.4 Å². The molecule has 1 saturated heterocycles. The number of aromatic nitrogens is 4. The van der Waals surface area contributed by atoms with Crippen molar-refractivity contribution < 1.29 is 4.63 Å². The molecule has 6 heteroatoms. The molecule has 0 spiro atoms. The van der Waals surface area contributed by atoms with E-state index in [4.69, 9.17) is 4.63 Å². The van der Waals surface area contributed by atoms with Gasteiger partial charge in [0.1, 0.15) is 11.0 Å². The van der Waals surface area contributed by atoms with Crippen molar-refractivity contribution in [3.05, 3.63) is 41.7 Å². The summed E-state index contributed by atoms with van der Waals surface area (Å²) < 4.78 is 4.84. The summed E-state index contributed by atoms with van der Waals surface area (Å²) in [6.07, 6.45) is 4.25. The van der Waals surface area contributed by atoms with Crippen LogP contribution in [0.3, 0.4) is 0 Å². The number of H-pyrrole nitrogens is 1. The number of likely N-dealkylation sites (tertiary alicyclic amines) is 1. The maximum absolute atomic E-state index is 4.84. The van der Waals surface area contributed by atoms with Crippen molar-refractivity contribution in [3.63, 3.8) is 0 Å². The molecule has 0 amide bonds. The fraction of sp³-hybridized carbons (Fsp3) is 0.400. The standard InChI is InChI=1S/C15H17N5O/c1-3-12(15-14(5-1)18-21-19-15)10-20-8-2-4-11(9-20)13-6-7-16-17-13/h1,3,5-7,11H,2,4,8-10H2,(H,16,17). The summed E-state index contributed by atoms with van der Waals surface area (Å²) in [5.41, 5.74) is 4.12. The van der Waals surface area contributed by atoms with Gasteiger partial charge in [0, 0.05) is 30.9 Å². The Balaban J connectivity index is 1.53. The molecule has 1 fully saturated rings. The molecule has 1 unspecified atom stereocenters. The third-order valence-electron chi connectivity index (χ3n) is 4.23. The second kappa shape index (κ2) is 5.29. The van der Waals surface area contributed by atoms with Crippen LogP contribution in [0.25, 0.3) is 11.0 Å². The minimum atomic E-state index is 0.538. The van der Waals surface area contributed by atoms with E-state index >= 15 is 0 Å². The monoisotopic (exact) mass is 283 g/mol. The van der Waals surface area contributed by atoms with Crippen molar-refractivity contribution in [2.45, 2.75) is 25.3 Å². The molecule has 1 aliphatic rings. The highest BCUT2D eigenvalue weighted by molar-refractivity contribution is 5.76. The number of hydrogen-bond acceptors (Lipinski definition) is 5. The van der Waals surface area contributed by atoms with Gasteiger partial charge in [-0.25, -0.2) is 4.63 Å². The first-order valence-electron chi connectivity index (χ1n) is 7.32. The summed E-state index contributed by atoms with van der Waals surface area (Å²) in [6.45, 7) is 3.05. The van der Waals surface area contributed by atoms with E-state index in [1.807, 2.05) is 18.3 Å². The minimum absolute atomic E-state index is 0.538. The first-order chi connectivity index (χ1) is 10.4. The van der Waals surface area contributed by atoms with Crippen LogP contribution in [0, 0.1) is 0 Å². The predicted octanol–water partition coefficient (Wildman–Crippen LogP) is 2.33. The lowest BCUT2D eigenvalue weighted by atomic mass is 9.94. The van der Waals surface area contributed by atoms with Gasteiger partial charge < -0.3 is 0 Å². The fourth-order valence-electron chi connectivity index (χ4n) is 3.18. The molecule has 0 radical (unpaired) electrons. The Kier molecular flexibility index (Phi) is 3.16. The van der Waals surface area contributed by atoms with Crippen LogP contribution in [-0.4, -0.2) is 38.5 Å². The van der Waals surface area contributed by atoms with Crippen LogP contribution in [0.2, 0.25) is 0 Å². The third kappa shape index (κ3) is 2.42. The number of rotatable bonds is 3. The second-order valence-electron chi connectivity index (χ2n) is 5.64. The Labute approximate surface area is 122 Å². The van der Waals surface area contributed by atoms with Gasteiger partial charge in [0.25, 0.3) is 0 Å². The van der Waals surface area contributed by atoms with Crippen LogP contribution < -0.4 is 0 Å². The predicted molar refractivity (Wildman–Crippen MR) is 77.6 cm³/mol. The van der Waals surface area contributed by atoms with Gasteiger partial charge in [0.2, 0.25) is 0 Å². The molecule has 0 aliphatic carbocycles. The number of piperidine rings is 1. The van der Waals surface area contributed by atoms with E-state index in [1.165, 1.54) is 24.1 Å². The van der Waals surface area contributed by atoms with Crippen LogP contribution in [0.1, 0.15) is 30.0 Å². The molecule has 2 aromatic heterocycles. The summed E-state index contributed by atoms with van der Waals surface area (Å²) >= 11 is 0. The summed E-state index contributed by atoms with van der Waals surface area (Å²) in [5.74, 6) is 0.538. The second-order valence-corrected chi connectivity index (χ2v) is 5.64. The van der Waals surface area contributed by atoms with Crippen molar-refractivity contribution in [3.8, 4) is 0 Å². The number of aromatic amines is 1. The van der Waals surface area contributed by atoms with Crippen molar-refractivity contribution >= 4 is 11.0 Å². The molecule has 3 aromatic rings. The van der Waals surface area contributed by atoms with Gasteiger partial charge in [-0.1, -0.05) is 12.1 Å². The molecule has 0 saturated carbocycles. The third-order valence-corrected chi connectivity index (χ3v) is 4.23. The van der Waals surface area contributed by atoms with E-state index in [1.54, 1.807) is 0 Å². The zero-order valence-corrected chi connectivity index (χ0v) is 11.7. The van der Waals surface area contributed by atoms with Crippen molar-refractivity contribution in [2.75, 3.05) is 13.1 Å².